The van der Waals surface area contributed by atoms with Crippen LogP contribution < -0.4 is 14.8 Å². The maximum atomic E-state index is 12.3. The Kier molecular flexibility index (Phi) is 6.61. The molecule has 2 aromatic rings. The fraction of sp³-hybridized carbons (Fsp3) is 0.158. The van der Waals surface area contributed by atoms with E-state index < -0.39 is 5.91 Å². The van der Waals surface area contributed by atoms with Crippen LogP contribution in [0.15, 0.2) is 52.5 Å². The molecule has 5 nitrogen and oxygen atoms in total. The minimum absolute atomic E-state index is 0.0121. The molecule has 0 saturated carbocycles. The normalized spacial score (nSPS) is 10.7. The summed E-state index contributed by atoms with van der Waals surface area (Å²) in [7, 11) is 1.53. The third-order valence-electron chi connectivity index (χ3n) is 3.25. The summed E-state index contributed by atoms with van der Waals surface area (Å²) in [6.07, 6.45) is 1.50. The molecule has 0 aliphatic carbocycles. The quantitative estimate of drug-likeness (QED) is 0.575. The average molecular weight is 401 g/mol. The zero-order valence-corrected chi connectivity index (χ0v) is 15.5. The van der Waals surface area contributed by atoms with Gasteiger partial charge in [-0.3, -0.25) is 4.79 Å². The number of amides is 1. The van der Waals surface area contributed by atoms with Gasteiger partial charge in [0.05, 0.1) is 18.2 Å². The number of halogens is 1. The van der Waals surface area contributed by atoms with Crippen molar-refractivity contribution in [2.24, 2.45) is 0 Å². The van der Waals surface area contributed by atoms with Gasteiger partial charge in [0.2, 0.25) is 0 Å². The zero-order valence-electron chi connectivity index (χ0n) is 13.9. The van der Waals surface area contributed by atoms with Crippen LogP contribution in [-0.4, -0.2) is 19.6 Å². The predicted molar refractivity (Wildman–Crippen MR) is 101 cm³/mol. The van der Waals surface area contributed by atoms with Crippen molar-refractivity contribution in [3.8, 4) is 17.6 Å². The van der Waals surface area contributed by atoms with Gasteiger partial charge in [0.25, 0.3) is 5.91 Å². The molecule has 0 atom stereocenters. The minimum atomic E-state index is -0.474. The highest BCUT2D eigenvalue weighted by Crippen LogP contribution is 2.37. The van der Waals surface area contributed by atoms with E-state index in [0.29, 0.717) is 33.8 Å². The van der Waals surface area contributed by atoms with Crippen LogP contribution in [0.4, 0.5) is 5.69 Å². The van der Waals surface area contributed by atoms with Crippen LogP contribution in [0, 0.1) is 11.3 Å². The van der Waals surface area contributed by atoms with Crippen LogP contribution in [0.1, 0.15) is 12.5 Å². The number of methoxy groups -OCH3 is 1. The fourth-order valence-electron chi connectivity index (χ4n) is 2.14. The largest absolute Gasteiger partial charge is 0.493 e. The van der Waals surface area contributed by atoms with Crippen molar-refractivity contribution < 1.29 is 14.3 Å². The molecule has 0 bridgehead atoms. The van der Waals surface area contributed by atoms with E-state index in [9.17, 15) is 10.1 Å². The highest BCUT2D eigenvalue weighted by molar-refractivity contribution is 9.10. The fourth-order valence-corrected chi connectivity index (χ4v) is 2.72. The highest BCUT2D eigenvalue weighted by atomic mass is 79.9. The summed E-state index contributed by atoms with van der Waals surface area (Å²) in [5, 5.41) is 12.0. The Morgan fingerprint density at radius 3 is 2.64 bits per heavy atom. The Balaban J connectivity index is 2.31. The third-order valence-corrected chi connectivity index (χ3v) is 3.84. The molecular weight excluding hydrogens is 384 g/mol. The number of nitriles is 1. The Hall–Kier alpha value is -2.78. The van der Waals surface area contributed by atoms with E-state index in [1.165, 1.54) is 13.2 Å². The van der Waals surface area contributed by atoms with Gasteiger partial charge in [0, 0.05) is 5.69 Å². The molecule has 2 rings (SSSR count). The number of nitrogens with zero attached hydrogens (tertiary/aromatic N) is 1. The van der Waals surface area contributed by atoms with E-state index in [1.54, 1.807) is 36.4 Å². The summed E-state index contributed by atoms with van der Waals surface area (Å²) in [5.41, 5.74) is 1.26. The van der Waals surface area contributed by atoms with Gasteiger partial charge in [0.1, 0.15) is 11.6 Å². The van der Waals surface area contributed by atoms with Gasteiger partial charge < -0.3 is 14.8 Å². The first-order valence-corrected chi connectivity index (χ1v) is 8.36. The number of nitrogens with one attached hydrogen (secondary N) is 1. The zero-order chi connectivity index (χ0) is 18.2. The number of hydrogen-bond donors (Lipinski definition) is 1. The van der Waals surface area contributed by atoms with E-state index in [-0.39, 0.29) is 5.57 Å². The maximum Gasteiger partial charge on any atom is 0.266 e. The van der Waals surface area contributed by atoms with Crippen LogP contribution in [0.3, 0.4) is 0 Å². The lowest BCUT2D eigenvalue weighted by Gasteiger charge is -2.12. The second kappa shape index (κ2) is 8.90. The van der Waals surface area contributed by atoms with E-state index in [0.717, 1.165) is 0 Å². The summed E-state index contributed by atoms with van der Waals surface area (Å²) in [6, 6.07) is 14.4. The van der Waals surface area contributed by atoms with Crippen molar-refractivity contribution in [2.75, 3.05) is 19.0 Å². The number of benzene rings is 2. The standard InChI is InChI=1S/C19H17BrN2O3/c1-3-25-18-16(20)10-13(11-17(18)24-2)9-14(12-21)19(23)22-15-7-5-4-6-8-15/h4-11H,3H2,1-2H3,(H,22,23)/b14-9+. The van der Waals surface area contributed by atoms with Gasteiger partial charge in [-0.15, -0.1) is 0 Å². The lowest BCUT2D eigenvalue weighted by atomic mass is 10.1. The summed E-state index contributed by atoms with van der Waals surface area (Å²) < 4.78 is 11.5. The van der Waals surface area contributed by atoms with Gasteiger partial charge in [-0.2, -0.15) is 5.26 Å². The number of ether oxygens (including phenoxy) is 2. The topological polar surface area (TPSA) is 71.3 Å². The van der Waals surface area contributed by atoms with Gasteiger partial charge in [-0.1, -0.05) is 18.2 Å². The van der Waals surface area contributed by atoms with Gasteiger partial charge in [-0.25, -0.2) is 0 Å². The Labute approximate surface area is 155 Å². The molecule has 6 heteroatoms. The number of carbonyl (C=O) groups excluding carboxylic acids is 1. The summed E-state index contributed by atoms with van der Waals surface area (Å²) in [6.45, 7) is 2.37. The molecule has 2 aromatic carbocycles. The van der Waals surface area contributed by atoms with Crippen LogP contribution in [0.25, 0.3) is 6.08 Å². The van der Waals surface area contributed by atoms with Crippen molar-refractivity contribution in [1.29, 1.82) is 5.26 Å². The average Bonchev–Trinajstić information content (AvgIpc) is 2.62. The molecule has 0 aromatic heterocycles. The van der Waals surface area contributed by atoms with Crippen molar-refractivity contribution >= 4 is 33.6 Å². The van der Waals surface area contributed by atoms with Gasteiger partial charge in [0.15, 0.2) is 11.5 Å². The molecule has 0 aliphatic rings. The number of carbonyl (C=O) groups is 1. The number of rotatable bonds is 6. The molecular formula is C19H17BrN2O3. The highest BCUT2D eigenvalue weighted by Gasteiger charge is 2.13. The summed E-state index contributed by atoms with van der Waals surface area (Å²) >= 11 is 3.42. The van der Waals surface area contributed by atoms with Crippen LogP contribution in [0.5, 0.6) is 11.5 Å². The van der Waals surface area contributed by atoms with Gasteiger partial charge >= 0.3 is 0 Å². The van der Waals surface area contributed by atoms with Crippen molar-refractivity contribution in [1.82, 2.24) is 0 Å². The van der Waals surface area contributed by atoms with Gasteiger partial charge in [-0.05, 0) is 58.8 Å². The number of hydrogen-bond acceptors (Lipinski definition) is 4. The molecule has 0 saturated heterocycles. The van der Waals surface area contributed by atoms with Crippen molar-refractivity contribution in [3.63, 3.8) is 0 Å². The molecule has 0 spiro atoms. The Morgan fingerprint density at radius 1 is 1.32 bits per heavy atom. The monoisotopic (exact) mass is 400 g/mol. The van der Waals surface area contributed by atoms with E-state index in [2.05, 4.69) is 21.2 Å². The molecule has 128 valence electrons. The van der Waals surface area contributed by atoms with E-state index in [1.807, 2.05) is 19.1 Å². The maximum absolute atomic E-state index is 12.3. The van der Waals surface area contributed by atoms with E-state index >= 15 is 0 Å². The first-order chi connectivity index (χ1) is 12.1. The van der Waals surface area contributed by atoms with Crippen molar-refractivity contribution in [2.45, 2.75) is 6.92 Å². The molecule has 0 heterocycles. The predicted octanol–water partition coefficient (Wildman–Crippen LogP) is 4.40. The smallest absolute Gasteiger partial charge is 0.266 e. The number of anilines is 1. The van der Waals surface area contributed by atoms with E-state index in [4.69, 9.17) is 9.47 Å². The lowest BCUT2D eigenvalue weighted by Crippen LogP contribution is -2.13. The molecule has 0 radical (unpaired) electrons. The van der Waals surface area contributed by atoms with Crippen molar-refractivity contribution in [3.05, 3.63) is 58.1 Å². The second-order valence-electron chi connectivity index (χ2n) is 4.96. The van der Waals surface area contributed by atoms with Crippen LogP contribution in [0.2, 0.25) is 0 Å². The summed E-state index contributed by atoms with van der Waals surface area (Å²) in [4.78, 5) is 12.3. The molecule has 1 N–H and O–H groups in total. The number of para-hydroxylation sites is 1. The SMILES string of the molecule is CCOc1c(Br)cc(/C=C(\C#N)C(=O)Nc2ccccc2)cc1OC. The second-order valence-corrected chi connectivity index (χ2v) is 5.81. The Morgan fingerprint density at radius 2 is 2.04 bits per heavy atom. The molecule has 0 fully saturated rings. The first-order valence-electron chi connectivity index (χ1n) is 7.57. The van der Waals surface area contributed by atoms with Crippen LogP contribution >= 0.6 is 15.9 Å². The lowest BCUT2D eigenvalue weighted by molar-refractivity contribution is -0.112. The minimum Gasteiger partial charge on any atom is -0.493 e. The molecule has 25 heavy (non-hydrogen) atoms. The third kappa shape index (κ3) is 4.85. The molecule has 1 amide bonds. The summed E-state index contributed by atoms with van der Waals surface area (Å²) in [5.74, 6) is 0.621. The van der Waals surface area contributed by atoms with Crippen LogP contribution in [-0.2, 0) is 4.79 Å². The Bertz CT molecular complexity index is 827. The molecule has 0 unspecified atom stereocenters. The molecule has 0 aliphatic heterocycles. The first kappa shape index (κ1) is 18.6.